The fraction of sp³-hybridized carbons (Fsp3) is 0.400. The lowest BCUT2D eigenvalue weighted by atomic mass is 10.6. The van der Waals surface area contributed by atoms with Gasteiger partial charge in [0.15, 0.2) is 6.29 Å². The Balaban J connectivity index is 2.43. The summed E-state index contributed by atoms with van der Waals surface area (Å²) in [7, 11) is 0. The molecular weight excluding hydrogens is 106 g/mol. The Morgan fingerprint density at radius 2 is 2.75 bits per heavy atom. The van der Waals surface area contributed by atoms with E-state index >= 15 is 0 Å². The second-order valence-corrected chi connectivity index (χ2v) is 1.59. The van der Waals surface area contributed by atoms with Crippen molar-refractivity contribution in [1.82, 2.24) is 5.32 Å². The maximum atomic E-state index is 9.92. The van der Waals surface area contributed by atoms with Gasteiger partial charge in [-0.1, -0.05) is 6.58 Å². The summed E-state index contributed by atoms with van der Waals surface area (Å²) in [6, 6.07) is 0. The molecule has 0 aromatic rings. The average Bonchev–Trinajstić information content (AvgIpc) is 2.14. The molecule has 1 N–H and O–H groups in total. The summed E-state index contributed by atoms with van der Waals surface area (Å²) >= 11 is 0. The van der Waals surface area contributed by atoms with E-state index in [0.717, 1.165) is 0 Å². The topological polar surface area (TPSA) is 38.3 Å². The Labute approximate surface area is 47.3 Å². The van der Waals surface area contributed by atoms with Crippen LogP contribution in [-0.2, 0) is 9.53 Å². The first-order valence-corrected chi connectivity index (χ1v) is 2.36. The molecule has 1 saturated heterocycles. The molecule has 0 aliphatic carbocycles. The molecule has 0 bridgehead atoms. The van der Waals surface area contributed by atoms with Gasteiger partial charge >= 0.3 is 0 Å². The van der Waals surface area contributed by atoms with Crippen molar-refractivity contribution in [2.45, 2.75) is 6.23 Å². The molecule has 3 nitrogen and oxygen atoms in total. The van der Waals surface area contributed by atoms with Crippen LogP contribution in [0.1, 0.15) is 0 Å². The molecule has 1 aliphatic rings. The lowest BCUT2D eigenvalue weighted by Crippen LogP contribution is -2.23. The fourth-order valence-electron chi connectivity index (χ4n) is 0.553. The van der Waals surface area contributed by atoms with Crippen molar-refractivity contribution in [3.05, 3.63) is 12.3 Å². The predicted molar refractivity (Wildman–Crippen MR) is 28.1 cm³/mol. The molecule has 0 radical (unpaired) electrons. The van der Waals surface area contributed by atoms with Gasteiger partial charge < -0.3 is 4.74 Å². The molecule has 1 unspecified atom stereocenters. The first-order chi connectivity index (χ1) is 3.83. The van der Waals surface area contributed by atoms with E-state index in [1.54, 1.807) is 0 Å². The zero-order valence-electron chi connectivity index (χ0n) is 4.39. The van der Waals surface area contributed by atoms with Gasteiger partial charge in [0.2, 0.25) is 6.23 Å². The van der Waals surface area contributed by atoms with Crippen LogP contribution in [-0.4, -0.2) is 19.1 Å². The van der Waals surface area contributed by atoms with Gasteiger partial charge in [0.1, 0.15) is 5.76 Å². The first kappa shape index (κ1) is 5.31. The Kier molecular flexibility index (Phi) is 1.30. The molecule has 0 spiro atoms. The van der Waals surface area contributed by atoms with E-state index in [-0.39, 0.29) is 0 Å². The third kappa shape index (κ3) is 0.869. The molecule has 1 fully saturated rings. The summed E-state index contributed by atoms with van der Waals surface area (Å²) in [6.45, 7) is 4.10. The van der Waals surface area contributed by atoms with Crippen LogP contribution in [0.5, 0.6) is 0 Å². The molecule has 0 saturated carbocycles. The number of aldehydes is 1. The third-order valence-corrected chi connectivity index (χ3v) is 0.918. The molecule has 1 heterocycles. The van der Waals surface area contributed by atoms with Gasteiger partial charge in [-0.25, -0.2) is 0 Å². The van der Waals surface area contributed by atoms with Crippen LogP contribution in [0.4, 0.5) is 0 Å². The van der Waals surface area contributed by atoms with Crippen LogP contribution < -0.4 is 5.32 Å². The number of ether oxygens (including phenoxy) is 1. The average molecular weight is 113 g/mol. The molecule has 1 aliphatic heterocycles. The van der Waals surface area contributed by atoms with Gasteiger partial charge in [-0.3, -0.25) is 10.1 Å². The van der Waals surface area contributed by atoms with Gasteiger partial charge in [0.05, 0.1) is 6.54 Å². The molecular formula is C5H7NO2. The number of hydrogen-bond donors (Lipinski definition) is 1. The van der Waals surface area contributed by atoms with Gasteiger partial charge in [-0.2, -0.15) is 0 Å². The van der Waals surface area contributed by atoms with Crippen LogP contribution >= 0.6 is 0 Å². The highest BCUT2D eigenvalue weighted by Gasteiger charge is 2.15. The number of carbonyl (C=O) groups is 1. The zero-order chi connectivity index (χ0) is 5.98. The Hall–Kier alpha value is -0.830. The SMILES string of the molecule is C=C1CNC(C=O)O1. The monoisotopic (exact) mass is 113 g/mol. The molecule has 1 rings (SSSR count). The van der Waals surface area contributed by atoms with Crippen molar-refractivity contribution >= 4 is 6.29 Å². The zero-order valence-corrected chi connectivity index (χ0v) is 4.39. The van der Waals surface area contributed by atoms with Crippen molar-refractivity contribution in [1.29, 1.82) is 0 Å². The molecule has 44 valence electrons. The van der Waals surface area contributed by atoms with Crippen LogP contribution in [0.25, 0.3) is 0 Å². The minimum Gasteiger partial charge on any atom is -0.472 e. The Morgan fingerprint density at radius 3 is 3.00 bits per heavy atom. The molecule has 8 heavy (non-hydrogen) atoms. The highest BCUT2D eigenvalue weighted by Crippen LogP contribution is 2.02. The Bertz CT molecular complexity index is 122. The van der Waals surface area contributed by atoms with Crippen molar-refractivity contribution < 1.29 is 9.53 Å². The summed E-state index contributed by atoms with van der Waals surface area (Å²) in [5.41, 5.74) is 0. The van der Waals surface area contributed by atoms with Crippen LogP contribution in [0, 0.1) is 0 Å². The first-order valence-electron chi connectivity index (χ1n) is 2.36. The number of rotatable bonds is 1. The van der Waals surface area contributed by atoms with Crippen LogP contribution in [0.2, 0.25) is 0 Å². The summed E-state index contributed by atoms with van der Waals surface area (Å²) in [6.07, 6.45) is 0.251. The number of hydrogen-bond acceptors (Lipinski definition) is 3. The maximum absolute atomic E-state index is 9.92. The van der Waals surface area contributed by atoms with Gasteiger partial charge in [-0.15, -0.1) is 0 Å². The van der Waals surface area contributed by atoms with E-state index in [1.165, 1.54) is 0 Å². The molecule has 0 amide bonds. The summed E-state index contributed by atoms with van der Waals surface area (Å²) in [4.78, 5) is 9.92. The van der Waals surface area contributed by atoms with Crippen LogP contribution in [0.15, 0.2) is 12.3 Å². The lowest BCUT2D eigenvalue weighted by molar-refractivity contribution is -0.115. The summed E-state index contributed by atoms with van der Waals surface area (Å²) in [5, 5.41) is 2.77. The van der Waals surface area contributed by atoms with Crippen molar-refractivity contribution in [3.8, 4) is 0 Å². The molecule has 0 aromatic carbocycles. The standard InChI is InChI=1S/C5H7NO2/c1-4-2-6-5(3-7)8-4/h3,5-6H,1-2H2. The van der Waals surface area contributed by atoms with Crippen molar-refractivity contribution in [2.24, 2.45) is 0 Å². The van der Waals surface area contributed by atoms with Crippen molar-refractivity contribution in [2.75, 3.05) is 6.54 Å². The number of carbonyl (C=O) groups excluding carboxylic acids is 1. The summed E-state index contributed by atoms with van der Waals surface area (Å²) in [5.74, 6) is 0.627. The largest absolute Gasteiger partial charge is 0.472 e. The van der Waals surface area contributed by atoms with Gasteiger partial charge in [0.25, 0.3) is 0 Å². The second-order valence-electron chi connectivity index (χ2n) is 1.59. The maximum Gasteiger partial charge on any atom is 0.206 e. The van der Waals surface area contributed by atoms with E-state index in [9.17, 15) is 4.79 Å². The Morgan fingerprint density at radius 1 is 2.00 bits per heavy atom. The lowest BCUT2D eigenvalue weighted by Gasteiger charge is -1.97. The highest BCUT2D eigenvalue weighted by molar-refractivity contribution is 5.56. The van der Waals surface area contributed by atoms with E-state index in [1.807, 2.05) is 0 Å². The smallest absolute Gasteiger partial charge is 0.206 e. The van der Waals surface area contributed by atoms with E-state index < -0.39 is 6.23 Å². The summed E-state index contributed by atoms with van der Waals surface area (Å²) < 4.78 is 4.84. The third-order valence-electron chi connectivity index (χ3n) is 0.918. The van der Waals surface area contributed by atoms with Gasteiger partial charge in [0, 0.05) is 0 Å². The molecule has 1 atom stereocenters. The van der Waals surface area contributed by atoms with E-state index in [0.29, 0.717) is 18.6 Å². The minimum absolute atomic E-state index is 0.456. The molecule has 3 heteroatoms. The minimum atomic E-state index is -0.456. The van der Waals surface area contributed by atoms with E-state index in [4.69, 9.17) is 4.74 Å². The molecule has 0 aromatic heterocycles. The highest BCUT2D eigenvalue weighted by atomic mass is 16.5. The van der Waals surface area contributed by atoms with Crippen LogP contribution in [0.3, 0.4) is 0 Å². The normalized spacial score (nSPS) is 27.5. The van der Waals surface area contributed by atoms with Crippen molar-refractivity contribution in [3.63, 3.8) is 0 Å². The predicted octanol–water partition coefficient (Wildman–Crippen LogP) is -0.355. The number of nitrogens with one attached hydrogen (secondary N) is 1. The van der Waals surface area contributed by atoms with E-state index in [2.05, 4.69) is 11.9 Å². The fourth-order valence-corrected chi connectivity index (χ4v) is 0.553. The quantitative estimate of drug-likeness (QED) is 0.472. The second kappa shape index (κ2) is 1.96. The van der Waals surface area contributed by atoms with Gasteiger partial charge in [-0.05, 0) is 0 Å².